The molecule has 0 unspecified atom stereocenters. The van der Waals surface area contributed by atoms with E-state index in [1.165, 1.54) is 0 Å². The Morgan fingerprint density at radius 1 is 1.22 bits per heavy atom. The number of ether oxygens (including phenoxy) is 1. The van der Waals surface area contributed by atoms with E-state index in [-0.39, 0.29) is 26.0 Å². The van der Waals surface area contributed by atoms with Gasteiger partial charge in [-0.3, -0.25) is 9.59 Å². The predicted octanol–water partition coefficient (Wildman–Crippen LogP) is 0.990. The van der Waals surface area contributed by atoms with Gasteiger partial charge in [-0.25, -0.2) is 4.79 Å². The second-order valence-electron chi connectivity index (χ2n) is 6.34. The van der Waals surface area contributed by atoms with Gasteiger partial charge in [0, 0.05) is 6.54 Å². The van der Waals surface area contributed by atoms with Gasteiger partial charge in [0.15, 0.2) is 0 Å². The van der Waals surface area contributed by atoms with Crippen LogP contribution in [0.1, 0.15) is 32.3 Å². The Bertz CT molecular complexity index is 657. The van der Waals surface area contributed by atoms with Crippen LogP contribution in [0.3, 0.4) is 0 Å². The van der Waals surface area contributed by atoms with Crippen molar-refractivity contribution in [2.24, 2.45) is 5.73 Å². The molecule has 2 atom stereocenters. The minimum Gasteiger partial charge on any atom is -0.445 e. The molecule has 0 aromatic heterocycles. The fourth-order valence-corrected chi connectivity index (χ4v) is 2.11. The zero-order valence-corrected chi connectivity index (χ0v) is 15.6. The molecule has 0 radical (unpaired) electrons. The van der Waals surface area contributed by atoms with Crippen molar-refractivity contribution in [3.63, 3.8) is 0 Å². The molecule has 3 amide bonds. The first-order valence-corrected chi connectivity index (χ1v) is 8.62. The van der Waals surface area contributed by atoms with Gasteiger partial charge in [0.25, 0.3) is 0 Å². The third-order valence-electron chi connectivity index (χ3n) is 3.56. The third-order valence-corrected chi connectivity index (χ3v) is 3.56. The summed E-state index contributed by atoms with van der Waals surface area (Å²) in [6, 6.07) is 8.30. The quantitative estimate of drug-likeness (QED) is 0.452. The molecule has 5 N–H and O–H groups in total. The van der Waals surface area contributed by atoms with Crippen LogP contribution < -0.4 is 16.4 Å². The molecule has 0 heterocycles. The lowest BCUT2D eigenvalue weighted by Gasteiger charge is -2.16. The molecule has 1 aromatic rings. The van der Waals surface area contributed by atoms with E-state index in [9.17, 15) is 19.5 Å². The van der Waals surface area contributed by atoms with Crippen molar-refractivity contribution < 1.29 is 24.2 Å². The summed E-state index contributed by atoms with van der Waals surface area (Å²) in [6.45, 7) is 3.68. The van der Waals surface area contributed by atoms with Crippen LogP contribution in [-0.4, -0.2) is 41.7 Å². The highest BCUT2D eigenvalue weighted by Crippen LogP contribution is 2.02. The molecule has 0 bridgehead atoms. The number of nitrogens with two attached hydrogens (primary N) is 1. The Hall–Kier alpha value is -2.87. The number of hydrogen-bond acceptors (Lipinski definition) is 5. The Balaban J connectivity index is 2.32. The maximum atomic E-state index is 11.9. The third kappa shape index (κ3) is 10.0. The molecule has 0 aliphatic heterocycles. The number of hydrogen-bond donors (Lipinski definition) is 4. The van der Waals surface area contributed by atoms with Gasteiger partial charge in [-0.1, -0.05) is 42.0 Å². The van der Waals surface area contributed by atoms with Crippen LogP contribution in [0.4, 0.5) is 4.79 Å². The number of carbonyl (C=O) groups is 3. The molecule has 0 saturated heterocycles. The lowest BCUT2D eigenvalue weighted by molar-refractivity contribution is -0.128. The predicted molar refractivity (Wildman–Crippen MR) is 100 cm³/mol. The van der Waals surface area contributed by atoms with Crippen molar-refractivity contribution in [2.45, 2.75) is 45.4 Å². The number of rotatable bonds is 10. The number of allylic oxidation sites excluding steroid dienone is 1. The van der Waals surface area contributed by atoms with Crippen LogP contribution in [0.15, 0.2) is 42.0 Å². The summed E-state index contributed by atoms with van der Waals surface area (Å²) in [4.78, 5) is 34.9. The second kappa shape index (κ2) is 11.7. The Morgan fingerprint density at radius 3 is 2.48 bits per heavy atom. The van der Waals surface area contributed by atoms with Gasteiger partial charge in [-0.2, -0.15) is 0 Å². The van der Waals surface area contributed by atoms with Gasteiger partial charge < -0.3 is 26.2 Å². The van der Waals surface area contributed by atoms with Crippen LogP contribution in [0.25, 0.3) is 0 Å². The Kier molecular flexibility index (Phi) is 9.60. The van der Waals surface area contributed by atoms with Crippen LogP contribution in [0.2, 0.25) is 0 Å². The lowest BCUT2D eigenvalue weighted by Crippen LogP contribution is -2.45. The number of amides is 3. The molecule has 0 saturated carbocycles. The van der Waals surface area contributed by atoms with Gasteiger partial charge in [0.1, 0.15) is 12.6 Å². The molecule has 0 fully saturated rings. The Morgan fingerprint density at radius 2 is 1.89 bits per heavy atom. The summed E-state index contributed by atoms with van der Waals surface area (Å²) in [7, 11) is 0. The fraction of sp³-hybridized carbons (Fsp3) is 0.421. The standard InChI is InChI=1S/C19H27N3O5/c1-13(2)8-9-16(18(20)25)22-17(24)10-15(23)11-21-19(26)27-12-14-6-4-3-5-7-14/h3-8,15-16,23H,9-12H2,1-2H3,(H2,20,25)(H,21,26)(H,22,24)/t15-,16-/m1/s1. The van der Waals surface area contributed by atoms with Gasteiger partial charge >= 0.3 is 6.09 Å². The van der Waals surface area contributed by atoms with Crippen molar-refractivity contribution in [1.29, 1.82) is 0 Å². The molecule has 1 rings (SSSR count). The van der Waals surface area contributed by atoms with Gasteiger partial charge in [-0.05, 0) is 25.8 Å². The van der Waals surface area contributed by atoms with Crippen molar-refractivity contribution in [2.75, 3.05) is 6.54 Å². The van der Waals surface area contributed by atoms with Gasteiger partial charge in [-0.15, -0.1) is 0 Å². The molecule has 0 spiro atoms. The molecule has 8 nitrogen and oxygen atoms in total. The lowest BCUT2D eigenvalue weighted by atomic mass is 10.1. The molecule has 0 aliphatic rings. The summed E-state index contributed by atoms with van der Waals surface area (Å²) < 4.78 is 5.00. The molecular formula is C19H27N3O5. The number of carbonyl (C=O) groups excluding carboxylic acids is 3. The van der Waals surface area contributed by atoms with Gasteiger partial charge in [0.05, 0.1) is 12.5 Å². The van der Waals surface area contributed by atoms with Crippen LogP contribution in [0.5, 0.6) is 0 Å². The first-order valence-electron chi connectivity index (χ1n) is 8.62. The van der Waals surface area contributed by atoms with Crippen LogP contribution in [-0.2, 0) is 20.9 Å². The van der Waals surface area contributed by atoms with E-state index in [0.717, 1.165) is 11.1 Å². The highest BCUT2D eigenvalue weighted by atomic mass is 16.5. The van der Waals surface area contributed by atoms with E-state index in [4.69, 9.17) is 10.5 Å². The summed E-state index contributed by atoms with van der Waals surface area (Å²) in [5.41, 5.74) is 7.09. The largest absolute Gasteiger partial charge is 0.445 e. The highest BCUT2D eigenvalue weighted by molar-refractivity contribution is 5.86. The average molecular weight is 377 g/mol. The normalized spacial score (nSPS) is 12.4. The van der Waals surface area contributed by atoms with Crippen LogP contribution in [0, 0.1) is 0 Å². The summed E-state index contributed by atoms with van der Waals surface area (Å²) in [5, 5.41) is 14.7. The van der Waals surface area contributed by atoms with Crippen LogP contribution >= 0.6 is 0 Å². The fourth-order valence-electron chi connectivity index (χ4n) is 2.11. The van der Waals surface area contributed by atoms with Crippen molar-refractivity contribution in [3.05, 3.63) is 47.5 Å². The van der Waals surface area contributed by atoms with E-state index >= 15 is 0 Å². The van der Waals surface area contributed by atoms with E-state index in [2.05, 4.69) is 10.6 Å². The molecular weight excluding hydrogens is 350 g/mol. The van der Waals surface area contributed by atoms with Gasteiger partial charge in [0.2, 0.25) is 11.8 Å². The molecule has 1 aromatic carbocycles. The number of benzene rings is 1. The minimum absolute atomic E-state index is 0.105. The maximum absolute atomic E-state index is 11.9. The number of alkyl carbamates (subject to hydrolysis) is 1. The zero-order valence-electron chi connectivity index (χ0n) is 15.6. The maximum Gasteiger partial charge on any atom is 0.407 e. The first kappa shape index (κ1) is 22.2. The van der Waals surface area contributed by atoms with E-state index < -0.39 is 30.1 Å². The molecule has 8 heteroatoms. The molecule has 148 valence electrons. The number of aliphatic hydroxyl groups is 1. The van der Waals surface area contributed by atoms with E-state index in [1.807, 2.05) is 44.2 Å². The molecule has 0 aliphatic carbocycles. The van der Waals surface area contributed by atoms with E-state index in [0.29, 0.717) is 0 Å². The minimum atomic E-state index is -1.12. The number of aliphatic hydroxyl groups excluding tert-OH is 1. The number of primary amides is 1. The monoisotopic (exact) mass is 377 g/mol. The first-order chi connectivity index (χ1) is 12.8. The highest BCUT2D eigenvalue weighted by Gasteiger charge is 2.19. The zero-order chi connectivity index (χ0) is 20.2. The summed E-state index contributed by atoms with van der Waals surface area (Å²) in [6.07, 6.45) is -0.0273. The average Bonchev–Trinajstić information content (AvgIpc) is 2.62. The number of nitrogens with one attached hydrogen (secondary N) is 2. The van der Waals surface area contributed by atoms with Crippen molar-refractivity contribution >= 4 is 17.9 Å². The van der Waals surface area contributed by atoms with Crippen molar-refractivity contribution in [1.82, 2.24) is 10.6 Å². The van der Waals surface area contributed by atoms with Crippen molar-refractivity contribution in [3.8, 4) is 0 Å². The Labute approximate surface area is 158 Å². The summed E-state index contributed by atoms with van der Waals surface area (Å²) in [5.74, 6) is -1.19. The molecule has 27 heavy (non-hydrogen) atoms. The van der Waals surface area contributed by atoms with E-state index in [1.54, 1.807) is 6.08 Å². The SMILES string of the molecule is CC(C)=CC[C@@H](NC(=O)C[C@@H](O)CNC(=O)OCc1ccccc1)C(N)=O. The summed E-state index contributed by atoms with van der Waals surface area (Å²) >= 11 is 0. The second-order valence-corrected chi connectivity index (χ2v) is 6.34. The topological polar surface area (TPSA) is 131 Å². The smallest absolute Gasteiger partial charge is 0.407 e.